The zero-order chi connectivity index (χ0) is 26.3. The number of benzene rings is 1. The van der Waals surface area contributed by atoms with Crippen LogP contribution in [0, 0.1) is 0 Å². The second kappa shape index (κ2) is 12.1. The van der Waals surface area contributed by atoms with E-state index in [1.807, 2.05) is 29.2 Å². The van der Waals surface area contributed by atoms with Crippen molar-refractivity contribution in [2.45, 2.75) is 6.54 Å². The van der Waals surface area contributed by atoms with Gasteiger partial charge in [0.1, 0.15) is 5.82 Å². The molecule has 5 N–H and O–H groups in total. The lowest BCUT2D eigenvalue weighted by molar-refractivity contribution is -0.138. The second-order valence-electron chi connectivity index (χ2n) is 8.79. The monoisotopic (exact) mass is 526 g/mol. The van der Waals surface area contributed by atoms with Crippen molar-refractivity contribution in [2.75, 3.05) is 55.7 Å². The number of carbonyl (C=O) groups is 1. The fraction of sp³-hybridized carbons (Fsp3) is 0.333. The number of hydrogen-bond acceptors (Lipinski definition) is 10. The molecule has 3 aromatic rings. The number of anilines is 3. The molecule has 0 atom stereocenters. The van der Waals surface area contributed by atoms with E-state index in [0.29, 0.717) is 11.8 Å². The van der Waals surface area contributed by atoms with E-state index in [1.54, 1.807) is 18.6 Å². The van der Waals surface area contributed by atoms with E-state index in [-0.39, 0.29) is 18.8 Å². The summed E-state index contributed by atoms with van der Waals surface area (Å²) in [7, 11) is -3.55. The number of piperazine rings is 1. The SMILES string of the molecule is NS(=O)(=O)CCNc1ncc(-c2ccnc(Nc3cccc(CN4CCN(CC(=O)O)CC4)c3)c2)cn1. The van der Waals surface area contributed by atoms with Crippen LogP contribution < -0.4 is 15.8 Å². The van der Waals surface area contributed by atoms with E-state index >= 15 is 0 Å². The van der Waals surface area contributed by atoms with Crippen LogP contribution >= 0.6 is 0 Å². The number of primary sulfonamides is 1. The van der Waals surface area contributed by atoms with Gasteiger partial charge in [-0.15, -0.1) is 0 Å². The maximum absolute atomic E-state index is 11.0. The highest BCUT2D eigenvalue weighted by Crippen LogP contribution is 2.23. The van der Waals surface area contributed by atoms with Crippen LogP contribution in [0.4, 0.5) is 17.5 Å². The Hall–Kier alpha value is -3.65. The highest BCUT2D eigenvalue weighted by Gasteiger charge is 2.18. The summed E-state index contributed by atoms with van der Waals surface area (Å²) >= 11 is 0. The smallest absolute Gasteiger partial charge is 0.317 e. The van der Waals surface area contributed by atoms with Gasteiger partial charge in [0, 0.05) is 69.1 Å². The van der Waals surface area contributed by atoms with Crippen LogP contribution in [0.3, 0.4) is 0 Å². The topological polar surface area (TPSA) is 167 Å². The van der Waals surface area contributed by atoms with Gasteiger partial charge in [-0.1, -0.05) is 12.1 Å². The molecule has 1 fully saturated rings. The Morgan fingerprint density at radius 1 is 1.00 bits per heavy atom. The number of nitrogens with two attached hydrogens (primary N) is 1. The standard InChI is InChI=1S/C24H30N8O4S/c25-37(35,36)11-6-27-24-28-14-20(15-29-24)19-4-5-26-22(13-19)30-21-3-1-2-18(12-21)16-31-7-9-32(10-8-31)17-23(33)34/h1-5,12-15H,6-11,16-17H2,(H,26,30)(H,33,34)(H2,25,35,36)(H,27,28,29). The maximum Gasteiger partial charge on any atom is 0.317 e. The lowest BCUT2D eigenvalue weighted by Gasteiger charge is -2.33. The molecule has 1 aliphatic rings. The summed E-state index contributed by atoms with van der Waals surface area (Å²) in [5.74, 6) is -0.00112. The van der Waals surface area contributed by atoms with Crippen molar-refractivity contribution in [3.63, 3.8) is 0 Å². The Balaban J connectivity index is 1.34. The van der Waals surface area contributed by atoms with E-state index < -0.39 is 16.0 Å². The first kappa shape index (κ1) is 26.4. The minimum atomic E-state index is -3.55. The molecular formula is C24H30N8O4S. The van der Waals surface area contributed by atoms with Gasteiger partial charge in [0.15, 0.2) is 0 Å². The number of pyridine rings is 1. The summed E-state index contributed by atoms with van der Waals surface area (Å²) in [6.45, 7) is 4.16. The molecule has 0 radical (unpaired) electrons. The minimum Gasteiger partial charge on any atom is -0.480 e. The lowest BCUT2D eigenvalue weighted by Crippen LogP contribution is -2.47. The zero-order valence-corrected chi connectivity index (χ0v) is 21.1. The first-order valence-corrected chi connectivity index (χ1v) is 13.5. The average molecular weight is 527 g/mol. The highest BCUT2D eigenvalue weighted by molar-refractivity contribution is 7.89. The van der Waals surface area contributed by atoms with Crippen LogP contribution in [0.1, 0.15) is 5.56 Å². The molecule has 0 amide bonds. The molecule has 0 bridgehead atoms. The number of sulfonamides is 1. The van der Waals surface area contributed by atoms with Gasteiger partial charge >= 0.3 is 5.97 Å². The Labute approximate surface area is 215 Å². The third kappa shape index (κ3) is 8.46. The van der Waals surface area contributed by atoms with Crippen molar-refractivity contribution in [2.24, 2.45) is 5.14 Å². The molecule has 1 saturated heterocycles. The van der Waals surface area contributed by atoms with Gasteiger partial charge in [0.2, 0.25) is 16.0 Å². The number of hydrogen-bond donors (Lipinski definition) is 4. The molecule has 0 spiro atoms. The third-order valence-electron chi connectivity index (χ3n) is 5.84. The van der Waals surface area contributed by atoms with Crippen LogP contribution in [0.2, 0.25) is 0 Å². The molecule has 196 valence electrons. The zero-order valence-electron chi connectivity index (χ0n) is 20.2. The molecule has 12 nitrogen and oxygen atoms in total. The van der Waals surface area contributed by atoms with Gasteiger partial charge in [0.25, 0.3) is 0 Å². The normalized spacial score (nSPS) is 14.8. The second-order valence-corrected chi connectivity index (χ2v) is 10.5. The van der Waals surface area contributed by atoms with Gasteiger partial charge in [-0.2, -0.15) is 0 Å². The molecule has 3 heterocycles. The fourth-order valence-electron chi connectivity index (χ4n) is 4.00. The molecule has 13 heteroatoms. The predicted octanol–water partition coefficient (Wildman–Crippen LogP) is 1.18. The van der Waals surface area contributed by atoms with Gasteiger partial charge in [-0.05, 0) is 35.4 Å². The summed E-state index contributed by atoms with van der Waals surface area (Å²) in [5.41, 5.74) is 3.74. The van der Waals surface area contributed by atoms with Crippen LogP contribution in [-0.4, -0.2) is 89.3 Å². The Bertz CT molecular complexity index is 1310. The summed E-state index contributed by atoms with van der Waals surface area (Å²) in [4.78, 5) is 28.1. The molecule has 0 aliphatic carbocycles. The minimum absolute atomic E-state index is 0.0910. The quantitative estimate of drug-likeness (QED) is 0.283. The van der Waals surface area contributed by atoms with E-state index in [2.05, 4.69) is 42.6 Å². The molecular weight excluding hydrogens is 496 g/mol. The first-order valence-electron chi connectivity index (χ1n) is 11.8. The van der Waals surface area contributed by atoms with Crippen molar-refractivity contribution in [1.82, 2.24) is 24.8 Å². The summed E-state index contributed by atoms with van der Waals surface area (Å²) in [6, 6.07) is 11.9. The first-order chi connectivity index (χ1) is 17.7. The maximum atomic E-state index is 11.0. The fourth-order valence-corrected chi connectivity index (χ4v) is 4.39. The van der Waals surface area contributed by atoms with Gasteiger partial charge in [0.05, 0.1) is 12.3 Å². The molecule has 1 aliphatic heterocycles. The number of nitrogens with zero attached hydrogens (tertiary/aromatic N) is 5. The molecule has 0 unspecified atom stereocenters. The van der Waals surface area contributed by atoms with Crippen molar-refractivity contribution in [3.8, 4) is 11.1 Å². The van der Waals surface area contributed by atoms with E-state index in [9.17, 15) is 13.2 Å². The van der Waals surface area contributed by atoms with E-state index in [0.717, 1.165) is 55.1 Å². The largest absolute Gasteiger partial charge is 0.480 e. The van der Waals surface area contributed by atoms with Crippen LogP contribution in [0.5, 0.6) is 0 Å². The van der Waals surface area contributed by atoms with Crippen molar-refractivity contribution >= 4 is 33.4 Å². The average Bonchev–Trinajstić information content (AvgIpc) is 2.85. The van der Waals surface area contributed by atoms with Crippen LogP contribution in [-0.2, 0) is 21.4 Å². The number of nitrogens with one attached hydrogen (secondary N) is 2. The number of rotatable bonds is 11. The van der Waals surface area contributed by atoms with Crippen molar-refractivity contribution < 1.29 is 18.3 Å². The van der Waals surface area contributed by atoms with Gasteiger partial charge in [-0.3, -0.25) is 14.6 Å². The molecule has 0 saturated carbocycles. The molecule has 37 heavy (non-hydrogen) atoms. The number of carboxylic acids is 1. The predicted molar refractivity (Wildman–Crippen MR) is 141 cm³/mol. The highest BCUT2D eigenvalue weighted by atomic mass is 32.2. The Morgan fingerprint density at radius 2 is 1.73 bits per heavy atom. The molecule has 1 aromatic carbocycles. The van der Waals surface area contributed by atoms with Crippen LogP contribution in [0.25, 0.3) is 11.1 Å². The lowest BCUT2D eigenvalue weighted by atomic mass is 10.1. The Morgan fingerprint density at radius 3 is 2.43 bits per heavy atom. The number of aromatic nitrogens is 3. The van der Waals surface area contributed by atoms with Gasteiger partial charge in [-0.25, -0.2) is 28.5 Å². The summed E-state index contributed by atoms with van der Waals surface area (Å²) < 4.78 is 22.1. The van der Waals surface area contributed by atoms with Gasteiger partial charge < -0.3 is 15.7 Å². The number of carboxylic acid groups (broad SMARTS) is 1. The third-order valence-corrected chi connectivity index (χ3v) is 6.62. The van der Waals surface area contributed by atoms with Crippen molar-refractivity contribution in [1.29, 1.82) is 0 Å². The molecule has 2 aromatic heterocycles. The Kier molecular flexibility index (Phi) is 8.61. The van der Waals surface area contributed by atoms with Crippen LogP contribution in [0.15, 0.2) is 55.0 Å². The van der Waals surface area contributed by atoms with Crippen molar-refractivity contribution in [3.05, 3.63) is 60.6 Å². The molecule has 4 rings (SSSR count). The summed E-state index contributed by atoms with van der Waals surface area (Å²) in [5, 5.41) is 20.1. The summed E-state index contributed by atoms with van der Waals surface area (Å²) in [6.07, 6.45) is 5.01. The van der Waals surface area contributed by atoms with E-state index in [4.69, 9.17) is 10.2 Å². The number of aliphatic carboxylic acids is 1. The van der Waals surface area contributed by atoms with E-state index in [1.165, 1.54) is 0 Å².